The number of ether oxygens (including phenoxy) is 2. The molecule has 0 aromatic carbocycles. The summed E-state index contributed by atoms with van der Waals surface area (Å²) in [5.74, 6) is 0. The van der Waals surface area contributed by atoms with Crippen molar-refractivity contribution in [3.05, 3.63) is 0 Å². The molecule has 3 rings (SSSR count). The van der Waals surface area contributed by atoms with Gasteiger partial charge in [-0.15, -0.1) is 0 Å². The van der Waals surface area contributed by atoms with Gasteiger partial charge in [-0.1, -0.05) is 0 Å². The molecule has 0 saturated carbocycles. The van der Waals surface area contributed by atoms with Gasteiger partial charge in [0.1, 0.15) is 0 Å². The van der Waals surface area contributed by atoms with Crippen molar-refractivity contribution in [2.24, 2.45) is 5.41 Å². The van der Waals surface area contributed by atoms with Crippen LogP contribution in [0.15, 0.2) is 0 Å². The first-order valence-corrected chi connectivity index (χ1v) is 7.54. The lowest BCUT2D eigenvalue weighted by molar-refractivity contribution is 0.0159. The molecule has 5 nitrogen and oxygen atoms in total. The number of morpholine rings is 1. The van der Waals surface area contributed by atoms with Gasteiger partial charge >= 0.3 is 0 Å². The summed E-state index contributed by atoms with van der Waals surface area (Å²) in [6, 6.07) is 0.682. The van der Waals surface area contributed by atoms with Gasteiger partial charge in [-0.25, -0.2) is 0 Å². The van der Waals surface area contributed by atoms with Gasteiger partial charge in [0.25, 0.3) is 0 Å². The Morgan fingerprint density at radius 2 is 1.95 bits per heavy atom. The van der Waals surface area contributed by atoms with Crippen molar-refractivity contribution in [1.29, 1.82) is 0 Å². The van der Waals surface area contributed by atoms with Crippen LogP contribution in [0.2, 0.25) is 0 Å². The summed E-state index contributed by atoms with van der Waals surface area (Å²) < 4.78 is 10.9. The Hall–Kier alpha value is -0.200. The molecule has 0 radical (unpaired) electrons. The first-order valence-electron chi connectivity index (χ1n) is 7.54. The third-order valence-corrected chi connectivity index (χ3v) is 4.89. The van der Waals surface area contributed by atoms with E-state index in [1.54, 1.807) is 0 Å². The first kappa shape index (κ1) is 13.8. The number of likely N-dealkylation sites (tertiary alicyclic amines) is 1. The van der Waals surface area contributed by atoms with Crippen LogP contribution in [0.5, 0.6) is 0 Å². The first-order chi connectivity index (χ1) is 9.31. The molecule has 0 bridgehead atoms. The average Bonchev–Trinajstić information content (AvgIpc) is 3.10. The van der Waals surface area contributed by atoms with Crippen molar-refractivity contribution in [2.45, 2.75) is 18.9 Å². The SMILES string of the molecule is OCC1(CN2CCC(N3CCOCC3)C2)CCOC1. The summed E-state index contributed by atoms with van der Waals surface area (Å²) in [6.45, 7) is 8.99. The van der Waals surface area contributed by atoms with Gasteiger partial charge in [0.15, 0.2) is 0 Å². The van der Waals surface area contributed by atoms with Crippen molar-refractivity contribution in [3.8, 4) is 0 Å². The lowest BCUT2D eigenvalue weighted by Crippen LogP contribution is -2.46. The zero-order valence-electron chi connectivity index (χ0n) is 11.7. The summed E-state index contributed by atoms with van der Waals surface area (Å²) in [5, 5.41) is 9.66. The molecular formula is C14H26N2O3. The van der Waals surface area contributed by atoms with Crippen LogP contribution in [-0.4, -0.2) is 86.7 Å². The number of hydrogen-bond acceptors (Lipinski definition) is 5. The Bertz CT molecular complexity index is 288. The highest BCUT2D eigenvalue weighted by atomic mass is 16.5. The molecule has 0 aromatic rings. The molecular weight excluding hydrogens is 244 g/mol. The zero-order valence-corrected chi connectivity index (χ0v) is 11.7. The summed E-state index contributed by atoms with van der Waals surface area (Å²) >= 11 is 0. The molecule has 0 aliphatic carbocycles. The predicted molar refractivity (Wildman–Crippen MR) is 72.2 cm³/mol. The maximum Gasteiger partial charge on any atom is 0.0594 e. The van der Waals surface area contributed by atoms with Crippen LogP contribution in [0.25, 0.3) is 0 Å². The van der Waals surface area contributed by atoms with Gasteiger partial charge in [0.05, 0.1) is 26.4 Å². The molecule has 3 aliphatic heterocycles. The smallest absolute Gasteiger partial charge is 0.0594 e. The van der Waals surface area contributed by atoms with Gasteiger partial charge in [0.2, 0.25) is 0 Å². The van der Waals surface area contributed by atoms with E-state index in [1.165, 1.54) is 6.42 Å². The molecule has 0 amide bonds. The highest BCUT2D eigenvalue weighted by Crippen LogP contribution is 2.31. The molecule has 3 heterocycles. The lowest BCUT2D eigenvalue weighted by Gasteiger charge is -2.33. The van der Waals surface area contributed by atoms with E-state index in [9.17, 15) is 5.11 Å². The second-order valence-electron chi connectivity index (χ2n) is 6.29. The van der Waals surface area contributed by atoms with E-state index in [2.05, 4.69) is 9.80 Å². The van der Waals surface area contributed by atoms with Gasteiger partial charge in [-0.05, 0) is 19.4 Å². The Morgan fingerprint density at radius 1 is 1.11 bits per heavy atom. The Balaban J connectivity index is 1.51. The van der Waals surface area contributed by atoms with Gasteiger partial charge in [0, 0.05) is 44.2 Å². The number of rotatable bonds is 4. The molecule has 2 atom stereocenters. The van der Waals surface area contributed by atoms with Gasteiger partial charge < -0.3 is 19.5 Å². The van der Waals surface area contributed by atoms with E-state index in [0.717, 1.165) is 65.6 Å². The molecule has 5 heteroatoms. The molecule has 2 unspecified atom stereocenters. The largest absolute Gasteiger partial charge is 0.396 e. The summed E-state index contributed by atoms with van der Waals surface area (Å²) in [6.07, 6.45) is 2.25. The van der Waals surface area contributed by atoms with Crippen molar-refractivity contribution in [1.82, 2.24) is 9.80 Å². The van der Waals surface area contributed by atoms with Crippen LogP contribution >= 0.6 is 0 Å². The van der Waals surface area contributed by atoms with Crippen molar-refractivity contribution >= 4 is 0 Å². The van der Waals surface area contributed by atoms with Crippen LogP contribution < -0.4 is 0 Å². The molecule has 0 spiro atoms. The van der Waals surface area contributed by atoms with Crippen LogP contribution in [-0.2, 0) is 9.47 Å². The third-order valence-electron chi connectivity index (χ3n) is 4.89. The fraction of sp³-hybridized carbons (Fsp3) is 1.00. The number of hydrogen-bond donors (Lipinski definition) is 1. The fourth-order valence-corrected chi connectivity index (χ4v) is 3.62. The van der Waals surface area contributed by atoms with Gasteiger partial charge in [-0.3, -0.25) is 4.90 Å². The zero-order chi connectivity index (χ0) is 13.1. The number of aliphatic hydroxyl groups excluding tert-OH is 1. The Labute approximate surface area is 115 Å². The van der Waals surface area contributed by atoms with Crippen LogP contribution in [0.4, 0.5) is 0 Å². The molecule has 3 saturated heterocycles. The lowest BCUT2D eigenvalue weighted by atomic mass is 9.88. The number of aliphatic hydroxyl groups is 1. The molecule has 110 valence electrons. The number of nitrogens with zero attached hydrogens (tertiary/aromatic N) is 2. The minimum Gasteiger partial charge on any atom is -0.396 e. The standard InChI is InChI=1S/C14H26N2O3/c17-11-14(2-6-19-12-14)10-15-3-1-13(9-15)16-4-7-18-8-5-16/h13,17H,1-12H2. The molecule has 0 aromatic heterocycles. The van der Waals surface area contributed by atoms with Crippen LogP contribution in [0, 0.1) is 5.41 Å². The maximum absolute atomic E-state index is 9.66. The quantitative estimate of drug-likeness (QED) is 0.766. The van der Waals surface area contributed by atoms with Crippen LogP contribution in [0.1, 0.15) is 12.8 Å². The van der Waals surface area contributed by atoms with E-state index < -0.39 is 0 Å². The molecule has 19 heavy (non-hydrogen) atoms. The van der Waals surface area contributed by atoms with Crippen molar-refractivity contribution in [3.63, 3.8) is 0 Å². The summed E-state index contributed by atoms with van der Waals surface area (Å²) in [5.41, 5.74) is -0.0000999. The monoisotopic (exact) mass is 270 g/mol. The maximum atomic E-state index is 9.66. The highest BCUT2D eigenvalue weighted by molar-refractivity contribution is 4.91. The third kappa shape index (κ3) is 3.11. The average molecular weight is 270 g/mol. The van der Waals surface area contributed by atoms with E-state index in [4.69, 9.17) is 9.47 Å². The summed E-state index contributed by atoms with van der Waals surface area (Å²) in [7, 11) is 0. The molecule has 1 N–H and O–H groups in total. The highest BCUT2D eigenvalue weighted by Gasteiger charge is 2.38. The summed E-state index contributed by atoms with van der Waals surface area (Å²) in [4.78, 5) is 5.09. The van der Waals surface area contributed by atoms with E-state index in [1.807, 2.05) is 0 Å². The minimum atomic E-state index is -0.0000999. The van der Waals surface area contributed by atoms with Crippen LogP contribution in [0.3, 0.4) is 0 Å². The van der Waals surface area contributed by atoms with E-state index >= 15 is 0 Å². The van der Waals surface area contributed by atoms with Crippen molar-refractivity contribution < 1.29 is 14.6 Å². The Morgan fingerprint density at radius 3 is 2.63 bits per heavy atom. The topological polar surface area (TPSA) is 45.2 Å². The Kier molecular flexibility index (Phi) is 4.39. The van der Waals surface area contributed by atoms with Crippen molar-refractivity contribution in [2.75, 3.05) is 65.8 Å². The van der Waals surface area contributed by atoms with E-state index in [0.29, 0.717) is 6.04 Å². The fourth-order valence-electron chi connectivity index (χ4n) is 3.62. The second-order valence-corrected chi connectivity index (χ2v) is 6.29. The second kappa shape index (κ2) is 6.06. The molecule has 3 fully saturated rings. The van der Waals surface area contributed by atoms with E-state index in [-0.39, 0.29) is 12.0 Å². The normalized spacial score (nSPS) is 38.1. The predicted octanol–water partition coefficient (Wildman–Crippen LogP) is -0.208. The van der Waals surface area contributed by atoms with Gasteiger partial charge in [-0.2, -0.15) is 0 Å². The minimum absolute atomic E-state index is 0.0000999. The molecule has 3 aliphatic rings.